The summed E-state index contributed by atoms with van der Waals surface area (Å²) in [5.41, 5.74) is 9.97. The van der Waals surface area contributed by atoms with Gasteiger partial charge in [-0.1, -0.05) is 79.2 Å². The summed E-state index contributed by atoms with van der Waals surface area (Å²) in [6.45, 7) is 2.56. The Bertz CT molecular complexity index is 1280. The Morgan fingerprint density at radius 3 is 2.27 bits per heavy atom. The molecule has 9 nitrogen and oxygen atoms in total. The average Bonchev–Trinajstić information content (AvgIpc) is 3.00. The summed E-state index contributed by atoms with van der Waals surface area (Å²) in [6, 6.07) is 25.8. The smallest absolute Gasteiger partial charge is 0.429 e. The molecule has 3 aromatic rings. The molecule has 0 saturated carbocycles. The lowest BCUT2D eigenvalue weighted by atomic mass is 10.0. The second-order valence-electron chi connectivity index (χ2n) is 10.1. The number of nitrogens with one attached hydrogen (secondary N) is 2. The molecule has 9 heteroatoms. The molecule has 1 saturated heterocycles. The molecule has 0 aliphatic carbocycles. The Morgan fingerprint density at radius 1 is 0.854 bits per heavy atom. The Hall–Kier alpha value is -4.21. The van der Waals surface area contributed by atoms with Crippen molar-refractivity contribution < 1.29 is 19.1 Å². The first-order valence-corrected chi connectivity index (χ1v) is 14.2. The first-order valence-electron chi connectivity index (χ1n) is 14.2. The molecule has 1 aliphatic heterocycles. The maximum Gasteiger partial charge on any atom is 0.429 e. The highest BCUT2D eigenvalue weighted by atomic mass is 16.6. The number of benzene rings is 3. The Morgan fingerprint density at radius 2 is 1.54 bits per heavy atom. The molecule has 3 amide bonds. The largest absolute Gasteiger partial charge is 0.446 e. The Labute approximate surface area is 241 Å². The van der Waals surface area contributed by atoms with Crippen LogP contribution in [0.3, 0.4) is 0 Å². The first kappa shape index (κ1) is 29.8. The number of hydrogen-bond donors (Lipinski definition) is 3. The van der Waals surface area contributed by atoms with Crippen molar-refractivity contribution in [1.29, 1.82) is 0 Å². The van der Waals surface area contributed by atoms with Crippen LogP contribution < -0.4 is 21.4 Å². The molecule has 41 heavy (non-hydrogen) atoms. The van der Waals surface area contributed by atoms with Crippen molar-refractivity contribution in [3.63, 3.8) is 0 Å². The number of hydrogen-bond acceptors (Lipinski definition) is 6. The number of para-hydroxylation sites is 1. The number of piperidine rings is 1. The van der Waals surface area contributed by atoms with Crippen LogP contribution in [-0.2, 0) is 27.3 Å². The van der Waals surface area contributed by atoms with Crippen LogP contribution in [0.2, 0.25) is 0 Å². The van der Waals surface area contributed by atoms with Crippen molar-refractivity contribution in [3.8, 4) is 11.1 Å². The fraction of sp³-hybridized carbons (Fsp3) is 0.344. The lowest BCUT2D eigenvalue weighted by molar-refractivity contribution is -0.121. The maximum atomic E-state index is 13.4. The molecule has 1 heterocycles. The third-order valence-electron chi connectivity index (χ3n) is 6.95. The van der Waals surface area contributed by atoms with Crippen molar-refractivity contribution in [2.75, 3.05) is 37.8 Å². The van der Waals surface area contributed by atoms with Crippen LogP contribution in [0.4, 0.5) is 10.5 Å². The van der Waals surface area contributed by atoms with E-state index in [1.165, 1.54) is 0 Å². The molecule has 0 radical (unpaired) electrons. The third kappa shape index (κ3) is 9.16. The van der Waals surface area contributed by atoms with Gasteiger partial charge in [-0.15, -0.1) is 0 Å². The number of carbonyl (C=O) groups excluding carboxylic acids is 3. The van der Waals surface area contributed by atoms with Gasteiger partial charge in [-0.2, -0.15) is 0 Å². The van der Waals surface area contributed by atoms with Crippen LogP contribution in [-0.4, -0.2) is 55.7 Å². The highest BCUT2D eigenvalue weighted by Gasteiger charge is 2.28. The van der Waals surface area contributed by atoms with Crippen molar-refractivity contribution in [1.82, 2.24) is 15.6 Å². The molecule has 4 rings (SSSR count). The van der Waals surface area contributed by atoms with Gasteiger partial charge in [-0.3, -0.25) is 9.59 Å². The van der Waals surface area contributed by atoms with Crippen LogP contribution in [0, 0.1) is 0 Å². The van der Waals surface area contributed by atoms with E-state index in [2.05, 4.69) is 15.6 Å². The number of nitrogens with two attached hydrogens (primary N) is 1. The van der Waals surface area contributed by atoms with Gasteiger partial charge in [0.15, 0.2) is 0 Å². The number of hydrazine groups is 1. The Kier molecular flexibility index (Phi) is 11.3. The van der Waals surface area contributed by atoms with E-state index < -0.39 is 12.0 Å². The molecule has 0 atom stereocenters. The van der Waals surface area contributed by atoms with Gasteiger partial charge >= 0.3 is 6.09 Å². The van der Waals surface area contributed by atoms with Gasteiger partial charge in [0.05, 0.1) is 18.8 Å². The number of carbonyl (C=O) groups is 3. The van der Waals surface area contributed by atoms with Gasteiger partial charge in [-0.05, 0) is 42.0 Å². The first-order chi connectivity index (χ1) is 20.0. The number of anilines is 1. The number of primary amides is 1. The van der Waals surface area contributed by atoms with E-state index in [0.29, 0.717) is 19.4 Å². The number of aryl methyl sites for hydroxylation is 1. The third-order valence-corrected chi connectivity index (χ3v) is 6.95. The van der Waals surface area contributed by atoms with Crippen LogP contribution in [0.1, 0.15) is 36.8 Å². The maximum absolute atomic E-state index is 13.4. The second kappa shape index (κ2) is 15.5. The molecule has 0 bridgehead atoms. The van der Waals surface area contributed by atoms with E-state index in [4.69, 9.17) is 10.5 Å². The summed E-state index contributed by atoms with van der Waals surface area (Å²) in [4.78, 5) is 36.7. The Balaban J connectivity index is 1.27. The number of amides is 3. The molecule has 0 spiro atoms. The zero-order valence-electron chi connectivity index (χ0n) is 23.4. The van der Waals surface area contributed by atoms with E-state index >= 15 is 0 Å². The van der Waals surface area contributed by atoms with Gasteiger partial charge in [-0.25, -0.2) is 14.8 Å². The molecule has 3 aromatic carbocycles. The van der Waals surface area contributed by atoms with E-state index in [-0.39, 0.29) is 25.6 Å². The lowest BCUT2D eigenvalue weighted by Crippen LogP contribution is -2.50. The second-order valence-corrected chi connectivity index (χ2v) is 10.1. The van der Waals surface area contributed by atoms with Crippen LogP contribution >= 0.6 is 0 Å². The summed E-state index contributed by atoms with van der Waals surface area (Å²) in [7, 11) is 0. The zero-order valence-corrected chi connectivity index (χ0v) is 23.4. The molecule has 1 fully saturated rings. The van der Waals surface area contributed by atoms with Gasteiger partial charge in [0.1, 0.15) is 6.61 Å². The monoisotopic (exact) mass is 557 g/mol. The average molecular weight is 558 g/mol. The van der Waals surface area contributed by atoms with E-state index in [0.717, 1.165) is 60.3 Å². The van der Waals surface area contributed by atoms with E-state index in [1.807, 2.05) is 78.9 Å². The standard InChI is InChI=1S/C32H39N5O4/c33-30(38)24-34-23-26-15-13-25(14-16-26)17-18-31(39)35-19-22-41-32(40)37(36-20-7-2-8-21-36)29-12-6-5-11-28(29)27-9-3-1-4-10-27/h1,3-6,9-16,34H,2,7-8,17-24H2,(H2,33,38)(H,35,39). The fourth-order valence-electron chi connectivity index (χ4n) is 4.85. The zero-order chi connectivity index (χ0) is 28.9. The van der Waals surface area contributed by atoms with E-state index in [9.17, 15) is 14.4 Å². The van der Waals surface area contributed by atoms with Crippen LogP contribution in [0.25, 0.3) is 11.1 Å². The lowest BCUT2D eigenvalue weighted by Gasteiger charge is -2.37. The fourth-order valence-corrected chi connectivity index (χ4v) is 4.85. The van der Waals surface area contributed by atoms with Gasteiger partial charge in [0.25, 0.3) is 0 Å². The normalized spacial score (nSPS) is 13.4. The summed E-state index contributed by atoms with van der Waals surface area (Å²) in [5.74, 6) is -0.495. The number of nitrogens with zero attached hydrogens (tertiary/aromatic N) is 2. The topological polar surface area (TPSA) is 117 Å². The van der Waals surface area contributed by atoms with Crippen molar-refractivity contribution >= 4 is 23.6 Å². The van der Waals surface area contributed by atoms with Crippen molar-refractivity contribution in [3.05, 3.63) is 90.0 Å². The minimum Gasteiger partial charge on any atom is -0.446 e. The predicted molar refractivity (Wildman–Crippen MR) is 160 cm³/mol. The van der Waals surface area contributed by atoms with Crippen LogP contribution in [0.15, 0.2) is 78.9 Å². The molecule has 1 aliphatic rings. The molecular formula is C32H39N5O4. The number of ether oxygens (including phenoxy) is 1. The number of rotatable bonds is 13. The quantitative estimate of drug-likeness (QED) is 0.273. The molecule has 0 aromatic heterocycles. The molecule has 4 N–H and O–H groups in total. The highest BCUT2D eigenvalue weighted by Crippen LogP contribution is 2.33. The predicted octanol–water partition coefficient (Wildman–Crippen LogP) is 4.02. The van der Waals surface area contributed by atoms with Crippen molar-refractivity contribution in [2.24, 2.45) is 5.73 Å². The van der Waals surface area contributed by atoms with Crippen molar-refractivity contribution in [2.45, 2.75) is 38.6 Å². The summed E-state index contributed by atoms with van der Waals surface area (Å²) < 4.78 is 5.67. The summed E-state index contributed by atoms with van der Waals surface area (Å²) in [6.07, 6.45) is 3.65. The molecular weight excluding hydrogens is 518 g/mol. The van der Waals surface area contributed by atoms with Gasteiger partial charge in [0, 0.05) is 31.6 Å². The molecule has 0 unspecified atom stereocenters. The minimum atomic E-state index is -0.449. The van der Waals surface area contributed by atoms with E-state index in [1.54, 1.807) is 5.01 Å². The van der Waals surface area contributed by atoms with Gasteiger partial charge in [0.2, 0.25) is 11.8 Å². The summed E-state index contributed by atoms with van der Waals surface area (Å²) >= 11 is 0. The van der Waals surface area contributed by atoms with Crippen LogP contribution in [0.5, 0.6) is 0 Å². The van der Waals surface area contributed by atoms with Gasteiger partial charge < -0.3 is 21.1 Å². The molecule has 216 valence electrons. The minimum absolute atomic E-state index is 0.0788. The highest BCUT2D eigenvalue weighted by molar-refractivity contribution is 5.93. The summed E-state index contributed by atoms with van der Waals surface area (Å²) in [5, 5.41) is 9.55. The SMILES string of the molecule is NC(=O)CNCc1ccc(CCC(=O)NCCOC(=O)N(c2ccccc2-c2ccccc2)N2CCCCC2)cc1.